The third-order valence-corrected chi connectivity index (χ3v) is 4.06. The van der Waals surface area contributed by atoms with Gasteiger partial charge in [-0.15, -0.1) is 0 Å². The summed E-state index contributed by atoms with van der Waals surface area (Å²) in [5.74, 6) is 0.627. The van der Waals surface area contributed by atoms with Crippen LogP contribution in [0.4, 0.5) is 0 Å². The average Bonchev–Trinajstić information content (AvgIpc) is 2.52. The smallest absolute Gasteiger partial charge is 0.243 e. The number of amides is 1. The largest absolute Gasteiger partial charge is 0.496 e. The highest BCUT2D eigenvalue weighted by Gasteiger charge is 2.28. The number of benzene rings is 1. The lowest BCUT2D eigenvalue weighted by Gasteiger charge is -2.24. The van der Waals surface area contributed by atoms with Crippen molar-refractivity contribution >= 4 is 11.7 Å². The SMILES string of the molecule is COc1cccc2c1CCC(CCCCC(=O)NO)C2=O. The summed E-state index contributed by atoms with van der Waals surface area (Å²) in [5, 5.41) is 8.42. The number of ether oxygens (including phenoxy) is 1. The quantitative estimate of drug-likeness (QED) is 0.480. The van der Waals surface area contributed by atoms with Crippen molar-refractivity contribution in [1.82, 2.24) is 5.48 Å². The van der Waals surface area contributed by atoms with Gasteiger partial charge >= 0.3 is 0 Å². The molecular weight excluding hydrogens is 270 g/mol. The maximum atomic E-state index is 12.5. The Balaban J connectivity index is 1.93. The Bertz CT molecular complexity index is 527. The van der Waals surface area contributed by atoms with Crippen molar-refractivity contribution in [1.29, 1.82) is 0 Å². The number of fused-ring (bicyclic) bond motifs is 1. The van der Waals surface area contributed by atoms with Crippen molar-refractivity contribution in [3.05, 3.63) is 29.3 Å². The molecule has 5 heteroatoms. The second-order valence-electron chi connectivity index (χ2n) is 5.37. The van der Waals surface area contributed by atoms with Crippen molar-refractivity contribution < 1.29 is 19.5 Å². The number of unbranched alkanes of at least 4 members (excludes halogenated alkanes) is 1. The normalized spacial score (nSPS) is 17.2. The van der Waals surface area contributed by atoms with Crippen molar-refractivity contribution in [3.63, 3.8) is 0 Å². The second kappa shape index (κ2) is 7.22. The summed E-state index contributed by atoms with van der Waals surface area (Å²) >= 11 is 0. The van der Waals surface area contributed by atoms with E-state index in [0.717, 1.165) is 42.6 Å². The molecule has 1 aliphatic rings. The van der Waals surface area contributed by atoms with Gasteiger partial charge < -0.3 is 4.74 Å². The number of hydroxylamine groups is 1. The first-order valence-corrected chi connectivity index (χ1v) is 7.30. The molecule has 0 bridgehead atoms. The fraction of sp³-hybridized carbons (Fsp3) is 0.500. The Labute approximate surface area is 124 Å². The molecule has 0 spiro atoms. The number of carbonyl (C=O) groups excluding carboxylic acids is 2. The lowest BCUT2D eigenvalue weighted by molar-refractivity contribution is -0.129. The molecule has 0 saturated heterocycles. The zero-order valence-corrected chi connectivity index (χ0v) is 12.2. The minimum Gasteiger partial charge on any atom is -0.496 e. The molecule has 0 fully saturated rings. The number of hydrogen-bond acceptors (Lipinski definition) is 4. The Morgan fingerprint density at radius 1 is 1.43 bits per heavy atom. The van der Waals surface area contributed by atoms with E-state index in [4.69, 9.17) is 9.94 Å². The van der Waals surface area contributed by atoms with E-state index < -0.39 is 0 Å². The highest BCUT2D eigenvalue weighted by Crippen LogP contribution is 2.33. The van der Waals surface area contributed by atoms with E-state index in [9.17, 15) is 9.59 Å². The third-order valence-electron chi connectivity index (χ3n) is 4.06. The van der Waals surface area contributed by atoms with E-state index in [1.54, 1.807) is 12.6 Å². The van der Waals surface area contributed by atoms with Crippen LogP contribution < -0.4 is 10.2 Å². The van der Waals surface area contributed by atoms with Gasteiger partial charge in [-0.2, -0.15) is 0 Å². The first-order chi connectivity index (χ1) is 10.2. The molecule has 1 amide bonds. The van der Waals surface area contributed by atoms with Gasteiger partial charge in [0.05, 0.1) is 7.11 Å². The Morgan fingerprint density at radius 2 is 2.24 bits per heavy atom. The topological polar surface area (TPSA) is 75.6 Å². The molecular formula is C16H21NO4. The van der Waals surface area contributed by atoms with Crippen LogP contribution >= 0.6 is 0 Å². The molecule has 2 N–H and O–H groups in total. The van der Waals surface area contributed by atoms with Crippen LogP contribution in [0.3, 0.4) is 0 Å². The summed E-state index contributed by atoms with van der Waals surface area (Å²) in [6.07, 6.45) is 4.26. The fourth-order valence-electron chi connectivity index (χ4n) is 2.92. The fourth-order valence-corrected chi connectivity index (χ4v) is 2.92. The highest BCUT2D eigenvalue weighted by atomic mass is 16.5. The van der Waals surface area contributed by atoms with Gasteiger partial charge in [0.25, 0.3) is 0 Å². The Hall–Kier alpha value is -1.88. The van der Waals surface area contributed by atoms with Crippen LogP contribution in [0.5, 0.6) is 5.75 Å². The first-order valence-electron chi connectivity index (χ1n) is 7.30. The van der Waals surface area contributed by atoms with Crippen LogP contribution in [0, 0.1) is 5.92 Å². The summed E-state index contributed by atoms with van der Waals surface area (Å²) in [6, 6.07) is 5.61. The van der Waals surface area contributed by atoms with Crippen LogP contribution in [-0.2, 0) is 11.2 Å². The number of ketones is 1. The van der Waals surface area contributed by atoms with E-state index in [1.165, 1.54) is 0 Å². The summed E-state index contributed by atoms with van der Waals surface area (Å²) in [4.78, 5) is 23.4. The number of Topliss-reactive ketones (excluding diaryl/α,β-unsaturated/α-hetero) is 1. The predicted molar refractivity (Wildman–Crippen MR) is 77.5 cm³/mol. The van der Waals surface area contributed by atoms with E-state index in [0.29, 0.717) is 12.8 Å². The molecule has 114 valence electrons. The molecule has 1 atom stereocenters. The van der Waals surface area contributed by atoms with Gasteiger partial charge in [-0.1, -0.05) is 18.6 Å². The molecule has 1 aliphatic carbocycles. The van der Waals surface area contributed by atoms with Crippen LogP contribution in [0.2, 0.25) is 0 Å². The minimum absolute atomic E-state index is 0.0294. The van der Waals surface area contributed by atoms with Crippen LogP contribution in [0.1, 0.15) is 48.0 Å². The van der Waals surface area contributed by atoms with Crippen LogP contribution in [-0.4, -0.2) is 24.0 Å². The molecule has 1 aromatic carbocycles. The standard InChI is InChI=1S/C16H21NO4/c1-21-14-7-4-6-13-12(14)10-9-11(16(13)19)5-2-3-8-15(18)17-20/h4,6-7,11,20H,2-3,5,8-10H2,1H3,(H,17,18). The maximum Gasteiger partial charge on any atom is 0.243 e. The summed E-state index contributed by atoms with van der Waals surface area (Å²) < 4.78 is 5.31. The first kappa shape index (κ1) is 15.5. The van der Waals surface area contributed by atoms with E-state index in [-0.39, 0.29) is 17.6 Å². The van der Waals surface area contributed by atoms with Gasteiger partial charge in [0.1, 0.15) is 5.75 Å². The van der Waals surface area contributed by atoms with Gasteiger partial charge in [0.15, 0.2) is 5.78 Å². The monoisotopic (exact) mass is 291 g/mol. The maximum absolute atomic E-state index is 12.5. The molecule has 0 aliphatic heterocycles. The van der Waals surface area contributed by atoms with Gasteiger partial charge in [0, 0.05) is 23.5 Å². The summed E-state index contributed by atoms with van der Waals surface area (Å²) in [6.45, 7) is 0. The van der Waals surface area contributed by atoms with Crippen LogP contribution in [0.15, 0.2) is 18.2 Å². The average molecular weight is 291 g/mol. The van der Waals surface area contributed by atoms with Crippen molar-refractivity contribution in [3.8, 4) is 5.75 Å². The zero-order valence-electron chi connectivity index (χ0n) is 12.2. The number of rotatable bonds is 6. The molecule has 0 radical (unpaired) electrons. The molecule has 1 aromatic rings. The zero-order chi connectivity index (χ0) is 15.2. The number of nitrogens with one attached hydrogen (secondary N) is 1. The lowest BCUT2D eigenvalue weighted by atomic mass is 9.80. The Kier molecular flexibility index (Phi) is 5.33. The van der Waals surface area contributed by atoms with Gasteiger partial charge in [-0.25, -0.2) is 5.48 Å². The van der Waals surface area contributed by atoms with Crippen LogP contribution in [0.25, 0.3) is 0 Å². The minimum atomic E-state index is -0.375. The van der Waals surface area contributed by atoms with E-state index in [1.807, 2.05) is 18.2 Å². The molecule has 21 heavy (non-hydrogen) atoms. The molecule has 0 aromatic heterocycles. The molecule has 1 unspecified atom stereocenters. The predicted octanol–water partition coefficient (Wildman–Crippen LogP) is 2.51. The molecule has 5 nitrogen and oxygen atoms in total. The Morgan fingerprint density at radius 3 is 2.95 bits per heavy atom. The van der Waals surface area contributed by atoms with Gasteiger partial charge in [0.2, 0.25) is 5.91 Å². The van der Waals surface area contributed by atoms with E-state index >= 15 is 0 Å². The van der Waals surface area contributed by atoms with Gasteiger partial charge in [-0.05, 0) is 31.7 Å². The van der Waals surface area contributed by atoms with Crippen molar-refractivity contribution in [2.45, 2.75) is 38.5 Å². The van der Waals surface area contributed by atoms with Crippen molar-refractivity contribution in [2.24, 2.45) is 5.92 Å². The highest BCUT2D eigenvalue weighted by molar-refractivity contribution is 6.00. The summed E-state index contributed by atoms with van der Waals surface area (Å²) in [5.41, 5.74) is 3.41. The molecule has 2 rings (SSSR count). The second-order valence-corrected chi connectivity index (χ2v) is 5.37. The number of hydrogen-bond donors (Lipinski definition) is 2. The van der Waals surface area contributed by atoms with Crippen molar-refractivity contribution in [2.75, 3.05) is 7.11 Å². The van der Waals surface area contributed by atoms with Gasteiger partial charge in [-0.3, -0.25) is 14.8 Å². The lowest BCUT2D eigenvalue weighted by Crippen LogP contribution is -2.23. The molecule has 0 heterocycles. The van der Waals surface area contributed by atoms with E-state index in [2.05, 4.69) is 0 Å². The third kappa shape index (κ3) is 3.61. The summed E-state index contributed by atoms with van der Waals surface area (Å²) in [7, 11) is 1.62. The molecule has 0 saturated carbocycles. The number of carbonyl (C=O) groups is 2. The number of methoxy groups -OCH3 is 1.